The largest absolute Gasteiger partial charge is 0.497 e. The SMILES string of the molecule is CCOc1ccc(/C=c2/sc3n(c2=O)[C@@H](c2ccc(OC)cc2)C(C(=O)Nc2ccc(C)cc2C)=C(C)N=3)c(OCC)c1. The maximum atomic E-state index is 14.1. The van der Waals surface area contributed by atoms with Crippen LogP contribution in [-0.4, -0.2) is 30.8 Å². The predicted molar refractivity (Wildman–Crippen MR) is 170 cm³/mol. The van der Waals surface area contributed by atoms with Gasteiger partial charge in [-0.15, -0.1) is 0 Å². The normalized spacial score (nSPS) is 14.7. The van der Waals surface area contributed by atoms with Crippen molar-refractivity contribution in [1.29, 1.82) is 0 Å². The summed E-state index contributed by atoms with van der Waals surface area (Å²) in [6, 6.07) is 18.1. The van der Waals surface area contributed by atoms with E-state index in [4.69, 9.17) is 19.2 Å². The summed E-state index contributed by atoms with van der Waals surface area (Å²) in [5, 5.41) is 3.06. The third kappa shape index (κ3) is 6.12. The Morgan fingerprint density at radius 3 is 2.37 bits per heavy atom. The summed E-state index contributed by atoms with van der Waals surface area (Å²) in [5.74, 6) is 1.68. The molecule has 0 aliphatic carbocycles. The van der Waals surface area contributed by atoms with Gasteiger partial charge in [-0.3, -0.25) is 14.2 Å². The molecule has 1 amide bonds. The molecular weight excluding hydrogens is 562 g/mol. The summed E-state index contributed by atoms with van der Waals surface area (Å²) in [6.45, 7) is 10.6. The highest BCUT2D eigenvalue weighted by Gasteiger charge is 2.32. The van der Waals surface area contributed by atoms with Crippen LogP contribution in [0.25, 0.3) is 6.08 Å². The lowest BCUT2D eigenvalue weighted by Gasteiger charge is -2.25. The molecular formula is C34H35N3O5S. The molecule has 0 radical (unpaired) electrons. The lowest BCUT2D eigenvalue weighted by atomic mass is 9.95. The van der Waals surface area contributed by atoms with Crippen LogP contribution in [0.1, 0.15) is 49.1 Å². The molecule has 2 heterocycles. The summed E-state index contributed by atoms with van der Waals surface area (Å²) < 4.78 is 19.0. The first kappa shape index (κ1) is 29.8. The molecule has 0 saturated heterocycles. The van der Waals surface area contributed by atoms with Crippen LogP contribution in [0.2, 0.25) is 0 Å². The average Bonchev–Trinajstić information content (AvgIpc) is 3.29. The Bertz CT molecular complexity index is 1890. The Hall–Kier alpha value is -4.63. The third-order valence-electron chi connectivity index (χ3n) is 7.21. The minimum absolute atomic E-state index is 0.245. The van der Waals surface area contributed by atoms with Gasteiger partial charge in [0.05, 0.1) is 42.2 Å². The minimum atomic E-state index is -0.693. The smallest absolute Gasteiger partial charge is 0.271 e. The van der Waals surface area contributed by atoms with Crippen molar-refractivity contribution in [3.8, 4) is 17.2 Å². The Balaban J connectivity index is 1.65. The maximum Gasteiger partial charge on any atom is 0.271 e. The number of allylic oxidation sites excluding steroid dienone is 1. The van der Waals surface area contributed by atoms with Gasteiger partial charge in [0, 0.05) is 17.3 Å². The molecule has 4 aromatic rings. The third-order valence-corrected chi connectivity index (χ3v) is 8.19. The number of rotatable bonds is 9. The number of hydrogen-bond acceptors (Lipinski definition) is 7. The molecule has 5 rings (SSSR count). The highest BCUT2D eigenvalue weighted by Crippen LogP contribution is 2.32. The number of nitrogens with zero attached hydrogens (tertiary/aromatic N) is 2. The highest BCUT2D eigenvalue weighted by molar-refractivity contribution is 7.07. The lowest BCUT2D eigenvalue weighted by Crippen LogP contribution is -2.40. The van der Waals surface area contributed by atoms with E-state index >= 15 is 0 Å². The van der Waals surface area contributed by atoms with E-state index in [1.807, 2.05) is 101 Å². The average molecular weight is 598 g/mol. The van der Waals surface area contributed by atoms with Gasteiger partial charge in [0.2, 0.25) is 0 Å². The number of thiazole rings is 1. The molecule has 1 aliphatic rings. The number of hydrogen-bond donors (Lipinski definition) is 1. The zero-order valence-electron chi connectivity index (χ0n) is 25.2. The number of aryl methyl sites for hydroxylation is 2. The molecule has 1 aromatic heterocycles. The maximum absolute atomic E-state index is 14.1. The molecule has 0 spiro atoms. The zero-order valence-corrected chi connectivity index (χ0v) is 26.0. The van der Waals surface area contributed by atoms with Crippen molar-refractivity contribution < 1.29 is 19.0 Å². The van der Waals surface area contributed by atoms with Crippen molar-refractivity contribution in [3.63, 3.8) is 0 Å². The van der Waals surface area contributed by atoms with Gasteiger partial charge in [-0.25, -0.2) is 4.99 Å². The highest BCUT2D eigenvalue weighted by atomic mass is 32.1. The van der Waals surface area contributed by atoms with Crippen molar-refractivity contribution in [2.24, 2.45) is 4.99 Å². The van der Waals surface area contributed by atoms with E-state index in [1.165, 1.54) is 11.3 Å². The number of benzene rings is 3. The first-order chi connectivity index (χ1) is 20.7. The zero-order chi connectivity index (χ0) is 30.7. The monoisotopic (exact) mass is 597 g/mol. The van der Waals surface area contributed by atoms with E-state index in [2.05, 4.69) is 5.32 Å². The van der Waals surface area contributed by atoms with Crippen LogP contribution >= 0.6 is 11.3 Å². The van der Waals surface area contributed by atoms with Crippen LogP contribution in [0.3, 0.4) is 0 Å². The van der Waals surface area contributed by atoms with Crippen molar-refractivity contribution in [1.82, 2.24) is 4.57 Å². The molecule has 222 valence electrons. The fourth-order valence-electron chi connectivity index (χ4n) is 5.17. The lowest BCUT2D eigenvalue weighted by molar-refractivity contribution is -0.113. The van der Waals surface area contributed by atoms with Crippen molar-refractivity contribution in [3.05, 3.63) is 114 Å². The number of carbonyl (C=O) groups is 1. The second kappa shape index (κ2) is 12.7. The van der Waals surface area contributed by atoms with Crippen molar-refractivity contribution >= 4 is 29.0 Å². The number of carbonyl (C=O) groups excluding carboxylic acids is 1. The predicted octanol–water partition coefficient (Wildman–Crippen LogP) is 5.30. The molecule has 1 N–H and O–H groups in total. The van der Waals surface area contributed by atoms with Crippen molar-refractivity contribution in [2.45, 2.75) is 40.7 Å². The summed E-state index contributed by atoms with van der Waals surface area (Å²) >= 11 is 1.28. The van der Waals surface area contributed by atoms with E-state index in [0.29, 0.717) is 56.8 Å². The van der Waals surface area contributed by atoms with E-state index in [-0.39, 0.29) is 11.5 Å². The number of ether oxygens (including phenoxy) is 3. The van der Waals surface area contributed by atoms with Gasteiger partial charge >= 0.3 is 0 Å². The Labute approximate surface area is 254 Å². The number of nitrogens with one attached hydrogen (secondary N) is 1. The number of fused-ring (bicyclic) bond motifs is 1. The molecule has 0 unspecified atom stereocenters. The van der Waals surface area contributed by atoms with Crippen LogP contribution < -0.4 is 34.4 Å². The molecule has 43 heavy (non-hydrogen) atoms. The van der Waals surface area contributed by atoms with Gasteiger partial charge in [-0.1, -0.05) is 41.2 Å². The number of methoxy groups -OCH3 is 1. The van der Waals surface area contributed by atoms with Crippen LogP contribution in [0.5, 0.6) is 17.2 Å². The number of amides is 1. The van der Waals surface area contributed by atoms with Crippen LogP contribution in [-0.2, 0) is 4.79 Å². The van der Waals surface area contributed by atoms with E-state index in [1.54, 1.807) is 11.7 Å². The van der Waals surface area contributed by atoms with E-state index in [0.717, 1.165) is 22.3 Å². The van der Waals surface area contributed by atoms with Crippen LogP contribution in [0.4, 0.5) is 5.69 Å². The molecule has 8 nitrogen and oxygen atoms in total. The Morgan fingerprint density at radius 1 is 0.977 bits per heavy atom. The first-order valence-electron chi connectivity index (χ1n) is 14.2. The van der Waals surface area contributed by atoms with Gasteiger partial charge in [0.25, 0.3) is 11.5 Å². The summed E-state index contributed by atoms with van der Waals surface area (Å²) in [6.07, 6.45) is 1.81. The van der Waals surface area contributed by atoms with Gasteiger partial charge in [-0.2, -0.15) is 0 Å². The fourth-order valence-corrected chi connectivity index (χ4v) is 6.21. The molecule has 1 atom stereocenters. The minimum Gasteiger partial charge on any atom is -0.497 e. The molecule has 0 fully saturated rings. The van der Waals surface area contributed by atoms with Crippen LogP contribution in [0.15, 0.2) is 81.7 Å². The van der Waals surface area contributed by atoms with Gasteiger partial charge in [0.1, 0.15) is 17.2 Å². The van der Waals surface area contributed by atoms with Gasteiger partial charge in [0.15, 0.2) is 4.80 Å². The molecule has 1 aliphatic heterocycles. The van der Waals surface area contributed by atoms with Gasteiger partial charge in [-0.05, 0) is 82.2 Å². The summed E-state index contributed by atoms with van der Waals surface area (Å²) in [5.41, 5.74) is 4.99. The second-order valence-corrected chi connectivity index (χ2v) is 11.2. The Kier molecular flexibility index (Phi) is 8.82. The van der Waals surface area contributed by atoms with Gasteiger partial charge < -0.3 is 19.5 Å². The second-order valence-electron chi connectivity index (χ2n) is 10.2. The first-order valence-corrected chi connectivity index (χ1v) is 15.0. The number of anilines is 1. The molecule has 0 bridgehead atoms. The van der Waals surface area contributed by atoms with E-state index < -0.39 is 6.04 Å². The van der Waals surface area contributed by atoms with Crippen LogP contribution in [0, 0.1) is 13.8 Å². The fraction of sp³-hybridized carbons (Fsp3) is 0.265. The summed E-state index contributed by atoms with van der Waals surface area (Å²) in [4.78, 5) is 33.3. The molecule has 3 aromatic carbocycles. The molecule has 9 heteroatoms. The number of aromatic nitrogens is 1. The quantitative estimate of drug-likeness (QED) is 0.283. The Morgan fingerprint density at radius 2 is 1.70 bits per heavy atom. The standard InChI is InChI=1S/C34H35N3O5S/c1-7-41-26-15-12-24(28(19-26)42-8-2)18-29-33(39)37-31(23-10-13-25(40-6)14-11-23)30(22(5)35-34(37)43-29)32(38)36-27-16-9-20(3)17-21(27)4/h9-19,31H,7-8H2,1-6H3,(H,36,38)/b29-18+/t31-/m0/s1. The summed E-state index contributed by atoms with van der Waals surface area (Å²) in [7, 11) is 1.60. The topological polar surface area (TPSA) is 91.2 Å². The van der Waals surface area contributed by atoms with Crippen molar-refractivity contribution in [2.75, 3.05) is 25.6 Å². The molecule has 0 saturated carbocycles. The van der Waals surface area contributed by atoms with E-state index in [9.17, 15) is 9.59 Å².